The van der Waals surface area contributed by atoms with E-state index in [2.05, 4.69) is 43.0 Å². The van der Waals surface area contributed by atoms with Gasteiger partial charge in [-0.05, 0) is 54.7 Å². The molecular formula is C23H25NO3. The molecule has 1 aliphatic rings. The fourth-order valence-electron chi connectivity index (χ4n) is 3.68. The number of hydrogen-bond acceptors (Lipinski definition) is 4. The monoisotopic (exact) mass is 363 g/mol. The molecule has 2 heterocycles. The van der Waals surface area contributed by atoms with Crippen LogP contribution in [0.5, 0.6) is 5.75 Å². The average molecular weight is 363 g/mol. The highest BCUT2D eigenvalue weighted by Gasteiger charge is 2.22. The topological polar surface area (TPSA) is 42.7 Å². The average Bonchev–Trinajstić information content (AvgIpc) is 2.71. The quantitative estimate of drug-likeness (QED) is 0.595. The van der Waals surface area contributed by atoms with Crippen molar-refractivity contribution in [1.82, 2.24) is 0 Å². The van der Waals surface area contributed by atoms with E-state index < -0.39 is 0 Å². The van der Waals surface area contributed by atoms with Crippen LogP contribution in [0.1, 0.15) is 43.4 Å². The summed E-state index contributed by atoms with van der Waals surface area (Å²) >= 11 is 0. The highest BCUT2D eigenvalue weighted by atomic mass is 16.5. The highest BCUT2D eigenvalue weighted by Crippen LogP contribution is 2.35. The summed E-state index contributed by atoms with van der Waals surface area (Å²) in [7, 11) is 0. The lowest BCUT2D eigenvalue weighted by Gasteiger charge is -2.31. The maximum Gasteiger partial charge on any atom is 0.336 e. The minimum Gasteiger partial charge on any atom is -0.473 e. The molecule has 4 heteroatoms. The van der Waals surface area contributed by atoms with Crippen molar-refractivity contribution in [2.24, 2.45) is 0 Å². The number of nitrogens with zero attached hydrogens (tertiary/aromatic N) is 1. The Balaban J connectivity index is 1.74. The van der Waals surface area contributed by atoms with Gasteiger partial charge in [0.1, 0.15) is 11.3 Å². The smallest absolute Gasteiger partial charge is 0.336 e. The van der Waals surface area contributed by atoms with E-state index in [4.69, 9.17) is 9.15 Å². The summed E-state index contributed by atoms with van der Waals surface area (Å²) < 4.78 is 11.6. The summed E-state index contributed by atoms with van der Waals surface area (Å²) in [6.07, 6.45) is 4.07. The zero-order valence-electron chi connectivity index (χ0n) is 16.0. The van der Waals surface area contributed by atoms with Crippen molar-refractivity contribution >= 4 is 16.7 Å². The second-order valence-corrected chi connectivity index (χ2v) is 7.10. The molecule has 140 valence electrons. The molecule has 1 aliphatic heterocycles. The van der Waals surface area contributed by atoms with Crippen LogP contribution in [-0.2, 0) is 19.4 Å². The van der Waals surface area contributed by atoms with E-state index in [1.807, 2.05) is 12.1 Å². The number of fused-ring (bicyclic) bond motifs is 3. The van der Waals surface area contributed by atoms with Crippen LogP contribution in [-0.4, -0.2) is 6.73 Å². The van der Waals surface area contributed by atoms with Crippen molar-refractivity contribution in [3.63, 3.8) is 0 Å². The lowest BCUT2D eigenvalue weighted by molar-refractivity contribution is 0.289. The van der Waals surface area contributed by atoms with Gasteiger partial charge in [0, 0.05) is 17.1 Å². The highest BCUT2D eigenvalue weighted by molar-refractivity contribution is 5.85. The van der Waals surface area contributed by atoms with Crippen molar-refractivity contribution in [3.8, 4) is 5.75 Å². The van der Waals surface area contributed by atoms with Crippen LogP contribution in [0.15, 0.2) is 51.7 Å². The summed E-state index contributed by atoms with van der Waals surface area (Å²) in [6, 6.07) is 14.2. The van der Waals surface area contributed by atoms with Gasteiger partial charge in [0.05, 0.1) is 12.1 Å². The summed E-state index contributed by atoms with van der Waals surface area (Å²) in [6.45, 7) is 5.46. The molecule has 1 aromatic heterocycles. The van der Waals surface area contributed by atoms with Gasteiger partial charge in [-0.2, -0.15) is 0 Å². The first-order valence-corrected chi connectivity index (χ1v) is 9.75. The number of ether oxygens (including phenoxy) is 1. The molecule has 2 aromatic carbocycles. The first-order valence-electron chi connectivity index (χ1n) is 9.75. The second-order valence-electron chi connectivity index (χ2n) is 7.10. The van der Waals surface area contributed by atoms with Gasteiger partial charge in [-0.15, -0.1) is 0 Å². The van der Waals surface area contributed by atoms with Crippen LogP contribution in [0, 0.1) is 0 Å². The predicted octanol–water partition coefficient (Wildman–Crippen LogP) is 5.05. The minimum absolute atomic E-state index is 0.286. The SMILES string of the molecule is CCCCc1cc(=O)oc2c3c(ccc12)OCN(c1ccc(CC)cc1)C3. The Hall–Kier alpha value is -2.75. The van der Waals surface area contributed by atoms with Crippen molar-refractivity contribution in [3.05, 3.63) is 69.6 Å². The Labute approximate surface area is 159 Å². The maximum absolute atomic E-state index is 12.2. The molecule has 0 aliphatic carbocycles. The van der Waals surface area contributed by atoms with Gasteiger partial charge < -0.3 is 14.1 Å². The first kappa shape index (κ1) is 17.7. The molecule has 0 fully saturated rings. The van der Waals surface area contributed by atoms with Gasteiger partial charge in [0.15, 0.2) is 6.73 Å². The summed E-state index contributed by atoms with van der Waals surface area (Å²) in [4.78, 5) is 14.3. The largest absolute Gasteiger partial charge is 0.473 e. The maximum atomic E-state index is 12.2. The summed E-state index contributed by atoms with van der Waals surface area (Å²) in [5.41, 5.74) is 4.82. The number of hydrogen-bond donors (Lipinski definition) is 0. The zero-order chi connectivity index (χ0) is 18.8. The molecule has 0 spiro atoms. The fraction of sp³-hybridized carbons (Fsp3) is 0.348. The Bertz CT molecular complexity index is 1000. The number of rotatable bonds is 5. The number of aryl methyl sites for hydroxylation is 2. The Morgan fingerprint density at radius 2 is 1.89 bits per heavy atom. The fourth-order valence-corrected chi connectivity index (χ4v) is 3.68. The molecule has 0 radical (unpaired) electrons. The van der Waals surface area contributed by atoms with Gasteiger partial charge >= 0.3 is 5.63 Å². The second kappa shape index (κ2) is 7.47. The van der Waals surface area contributed by atoms with Gasteiger partial charge in [0.25, 0.3) is 0 Å². The van der Waals surface area contributed by atoms with E-state index in [1.54, 1.807) is 6.07 Å². The molecule has 4 rings (SSSR count). The minimum atomic E-state index is -0.286. The van der Waals surface area contributed by atoms with E-state index in [0.717, 1.165) is 53.6 Å². The summed E-state index contributed by atoms with van der Waals surface area (Å²) in [5.74, 6) is 0.805. The Morgan fingerprint density at radius 1 is 1.07 bits per heavy atom. The van der Waals surface area contributed by atoms with Gasteiger partial charge in [0.2, 0.25) is 0 Å². The molecule has 0 saturated heterocycles. The molecule has 27 heavy (non-hydrogen) atoms. The summed E-state index contributed by atoms with van der Waals surface area (Å²) in [5, 5.41) is 1.02. The third-order valence-electron chi connectivity index (χ3n) is 5.29. The molecule has 3 aromatic rings. The van der Waals surface area contributed by atoms with Crippen molar-refractivity contribution in [1.29, 1.82) is 0 Å². The lowest BCUT2D eigenvalue weighted by Crippen LogP contribution is -2.32. The van der Waals surface area contributed by atoms with Gasteiger partial charge in [-0.1, -0.05) is 32.4 Å². The van der Waals surface area contributed by atoms with Crippen LogP contribution in [0.4, 0.5) is 5.69 Å². The van der Waals surface area contributed by atoms with Crippen molar-refractivity contribution < 1.29 is 9.15 Å². The van der Waals surface area contributed by atoms with E-state index in [-0.39, 0.29) is 5.63 Å². The molecule has 0 unspecified atom stereocenters. The molecule has 0 atom stereocenters. The number of unbranched alkanes of at least 4 members (excludes halogenated alkanes) is 1. The van der Waals surface area contributed by atoms with Crippen LogP contribution >= 0.6 is 0 Å². The molecule has 0 N–H and O–H groups in total. The third-order valence-corrected chi connectivity index (χ3v) is 5.29. The van der Waals surface area contributed by atoms with Crippen LogP contribution < -0.4 is 15.3 Å². The molecule has 4 nitrogen and oxygen atoms in total. The van der Waals surface area contributed by atoms with Crippen molar-refractivity contribution in [2.45, 2.75) is 46.1 Å². The molecule has 0 saturated carbocycles. The van der Waals surface area contributed by atoms with E-state index >= 15 is 0 Å². The van der Waals surface area contributed by atoms with E-state index in [0.29, 0.717) is 18.9 Å². The van der Waals surface area contributed by atoms with Crippen molar-refractivity contribution in [2.75, 3.05) is 11.6 Å². The Kier molecular flexibility index (Phi) is 4.88. The normalized spacial score (nSPS) is 13.5. The van der Waals surface area contributed by atoms with Gasteiger partial charge in [-0.3, -0.25) is 0 Å². The predicted molar refractivity (Wildman–Crippen MR) is 109 cm³/mol. The lowest BCUT2D eigenvalue weighted by atomic mass is 10.0. The Morgan fingerprint density at radius 3 is 2.63 bits per heavy atom. The number of benzene rings is 2. The van der Waals surface area contributed by atoms with Crippen LogP contribution in [0.3, 0.4) is 0 Å². The third kappa shape index (κ3) is 3.44. The molecular weight excluding hydrogens is 338 g/mol. The molecule has 0 amide bonds. The number of anilines is 1. The van der Waals surface area contributed by atoms with E-state index in [1.165, 1.54) is 5.56 Å². The molecule has 0 bridgehead atoms. The van der Waals surface area contributed by atoms with Gasteiger partial charge in [-0.25, -0.2) is 4.79 Å². The zero-order valence-corrected chi connectivity index (χ0v) is 16.0. The standard InChI is InChI=1S/C23H25NO3/c1-3-5-6-17-13-22(25)27-23-19(17)11-12-21-20(23)14-24(15-26-21)18-9-7-16(4-2)8-10-18/h7-13H,3-6,14-15H2,1-2H3. The van der Waals surface area contributed by atoms with E-state index in [9.17, 15) is 4.79 Å². The first-order chi connectivity index (χ1) is 13.2. The van der Waals surface area contributed by atoms with Crippen LogP contribution in [0.25, 0.3) is 11.0 Å². The van der Waals surface area contributed by atoms with Crippen LogP contribution in [0.2, 0.25) is 0 Å².